The summed E-state index contributed by atoms with van der Waals surface area (Å²) in [4.78, 5) is 17.9. The maximum atomic E-state index is 15.2. The fourth-order valence-electron chi connectivity index (χ4n) is 3.06. The zero-order chi connectivity index (χ0) is 19.7. The SMILES string of the molecule is Cc1cc(C#N)ccc1Nc1c(C(=O)NOCC2CC2)cc2c(c1F)NCN2. The van der Waals surface area contributed by atoms with E-state index in [0.717, 1.165) is 18.4 Å². The van der Waals surface area contributed by atoms with Gasteiger partial charge in [-0.3, -0.25) is 9.63 Å². The Labute approximate surface area is 161 Å². The largest absolute Gasteiger partial charge is 0.366 e. The van der Waals surface area contributed by atoms with Crippen molar-refractivity contribution in [3.63, 3.8) is 0 Å². The monoisotopic (exact) mass is 381 g/mol. The molecule has 0 radical (unpaired) electrons. The van der Waals surface area contributed by atoms with E-state index < -0.39 is 11.7 Å². The molecule has 7 nitrogen and oxygen atoms in total. The Morgan fingerprint density at radius 1 is 1.36 bits per heavy atom. The van der Waals surface area contributed by atoms with Crippen LogP contribution >= 0.6 is 0 Å². The Morgan fingerprint density at radius 3 is 2.89 bits per heavy atom. The summed E-state index contributed by atoms with van der Waals surface area (Å²) in [6.07, 6.45) is 2.20. The van der Waals surface area contributed by atoms with Crippen LogP contribution in [0.1, 0.15) is 34.3 Å². The average molecular weight is 381 g/mol. The van der Waals surface area contributed by atoms with Crippen LogP contribution in [0.3, 0.4) is 0 Å². The fraction of sp³-hybridized carbons (Fsp3) is 0.300. The first kappa shape index (κ1) is 18.1. The number of fused-ring (bicyclic) bond motifs is 1. The highest BCUT2D eigenvalue weighted by atomic mass is 19.1. The van der Waals surface area contributed by atoms with Crippen LogP contribution in [-0.2, 0) is 4.84 Å². The van der Waals surface area contributed by atoms with Gasteiger partial charge in [0.15, 0.2) is 5.82 Å². The number of nitriles is 1. The number of carbonyl (C=O) groups is 1. The van der Waals surface area contributed by atoms with E-state index >= 15 is 4.39 Å². The molecule has 0 aromatic heterocycles. The maximum Gasteiger partial charge on any atom is 0.277 e. The summed E-state index contributed by atoms with van der Waals surface area (Å²) in [6.45, 7) is 2.65. The number of hydroxylamine groups is 1. The van der Waals surface area contributed by atoms with Crippen molar-refractivity contribution < 1.29 is 14.0 Å². The van der Waals surface area contributed by atoms with E-state index in [0.29, 0.717) is 41.8 Å². The molecule has 4 rings (SSSR count). The standard InChI is InChI=1S/C20H20FN5O2/c1-11-6-13(8-22)4-5-15(11)25-18-14(20(27)26-28-9-12-2-3-12)7-16-19(17(18)21)24-10-23-16/h4-7,12,23-25H,2-3,9-10H2,1H3,(H,26,27). The molecule has 144 valence electrons. The van der Waals surface area contributed by atoms with Gasteiger partial charge in [0.25, 0.3) is 5.91 Å². The smallest absolute Gasteiger partial charge is 0.277 e. The van der Waals surface area contributed by atoms with Gasteiger partial charge >= 0.3 is 0 Å². The molecule has 1 saturated carbocycles. The summed E-state index contributed by atoms with van der Waals surface area (Å²) >= 11 is 0. The van der Waals surface area contributed by atoms with Crippen LogP contribution in [0.25, 0.3) is 0 Å². The number of rotatable bonds is 6. The number of benzene rings is 2. The molecule has 2 aromatic carbocycles. The molecular formula is C20H20FN5O2. The van der Waals surface area contributed by atoms with Crippen molar-refractivity contribution in [2.24, 2.45) is 5.92 Å². The minimum atomic E-state index is -0.557. The third-order valence-corrected chi connectivity index (χ3v) is 4.85. The number of nitrogens with zero attached hydrogens (tertiary/aromatic N) is 1. The van der Waals surface area contributed by atoms with Gasteiger partial charge in [0.05, 0.1) is 47.5 Å². The molecule has 1 aliphatic carbocycles. The number of anilines is 4. The van der Waals surface area contributed by atoms with Gasteiger partial charge in [0.2, 0.25) is 0 Å². The molecule has 28 heavy (non-hydrogen) atoms. The summed E-state index contributed by atoms with van der Waals surface area (Å²) in [5.41, 5.74) is 5.31. The zero-order valence-corrected chi connectivity index (χ0v) is 15.4. The van der Waals surface area contributed by atoms with Crippen molar-refractivity contribution in [2.45, 2.75) is 19.8 Å². The van der Waals surface area contributed by atoms with Crippen molar-refractivity contribution >= 4 is 28.7 Å². The van der Waals surface area contributed by atoms with Crippen LogP contribution in [0.4, 0.5) is 27.1 Å². The van der Waals surface area contributed by atoms with Crippen LogP contribution < -0.4 is 21.4 Å². The van der Waals surface area contributed by atoms with E-state index in [4.69, 9.17) is 10.1 Å². The molecule has 0 spiro atoms. The molecule has 0 unspecified atom stereocenters. The van der Waals surface area contributed by atoms with E-state index in [1.165, 1.54) is 0 Å². The number of carbonyl (C=O) groups excluding carboxylic acids is 1. The lowest BCUT2D eigenvalue weighted by Gasteiger charge is -2.17. The number of hydrogen-bond donors (Lipinski definition) is 4. The lowest BCUT2D eigenvalue weighted by Crippen LogP contribution is -2.26. The van der Waals surface area contributed by atoms with Gasteiger partial charge in [-0.25, -0.2) is 9.87 Å². The molecule has 8 heteroatoms. The van der Waals surface area contributed by atoms with Crippen molar-refractivity contribution in [2.75, 3.05) is 29.2 Å². The Balaban J connectivity index is 1.66. The van der Waals surface area contributed by atoms with Gasteiger partial charge in [-0.2, -0.15) is 5.26 Å². The van der Waals surface area contributed by atoms with Gasteiger partial charge in [-0.05, 0) is 55.5 Å². The molecule has 1 fully saturated rings. The number of hydrogen-bond acceptors (Lipinski definition) is 6. The molecule has 2 aliphatic rings. The first-order chi connectivity index (χ1) is 13.6. The quantitative estimate of drug-likeness (QED) is 0.571. The van der Waals surface area contributed by atoms with Crippen molar-refractivity contribution in [3.05, 3.63) is 46.8 Å². The second-order valence-electron chi connectivity index (χ2n) is 7.02. The third-order valence-electron chi connectivity index (χ3n) is 4.85. The predicted octanol–water partition coefficient (Wildman–Crippen LogP) is 3.62. The Bertz CT molecular complexity index is 982. The second kappa shape index (κ2) is 7.37. The lowest BCUT2D eigenvalue weighted by molar-refractivity contribution is 0.0271. The van der Waals surface area contributed by atoms with Gasteiger partial charge in [-0.15, -0.1) is 0 Å². The topological polar surface area (TPSA) is 98.2 Å². The van der Waals surface area contributed by atoms with Crippen molar-refractivity contribution in [1.29, 1.82) is 5.26 Å². The third kappa shape index (κ3) is 3.57. The minimum absolute atomic E-state index is 0.0512. The molecule has 4 N–H and O–H groups in total. The highest BCUT2D eigenvalue weighted by molar-refractivity contribution is 6.03. The minimum Gasteiger partial charge on any atom is -0.366 e. The molecule has 0 atom stereocenters. The maximum absolute atomic E-state index is 15.2. The van der Waals surface area contributed by atoms with Crippen LogP contribution in [-0.4, -0.2) is 19.2 Å². The number of halogens is 1. The highest BCUT2D eigenvalue weighted by Gasteiger charge is 2.26. The summed E-state index contributed by atoms with van der Waals surface area (Å²) in [6, 6.07) is 8.69. The summed E-state index contributed by atoms with van der Waals surface area (Å²) in [5, 5.41) is 18.0. The Kier molecular flexibility index (Phi) is 4.75. The Hall–Kier alpha value is -3.31. The van der Waals surface area contributed by atoms with Gasteiger partial charge in [-0.1, -0.05) is 0 Å². The molecule has 0 saturated heterocycles. The predicted molar refractivity (Wildman–Crippen MR) is 104 cm³/mol. The summed E-state index contributed by atoms with van der Waals surface area (Å²) in [5.74, 6) is -0.592. The number of aryl methyl sites for hydroxylation is 1. The molecule has 1 heterocycles. The normalized spacial score (nSPS) is 14.5. The van der Waals surface area contributed by atoms with Crippen LogP contribution in [0.2, 0.25) is 0 Å². The van der Waals surface area contributed by atoms with Crippen LogP contribution in [0.5, 0.6) is 0 Å². The van der Waals surface area contributed by atoms with Crippen molar-refractivity contribution in [3.8, 4) is 6.07 Å². The van der Waals surface area contributed by atoms with Gasteiger partial charge in [0.1, 0.15) is 0 Å². The first-order valence-electron chi connectivity index (χ1n) is 9.11. The van der Waals surface area contributed by atoms with Crippen molar-refractivity contribution in [1.82, 2.24) is 5.48 Å². The van der Waals surface area contributed by atoms with Crippen LogP contribution in [0, 0.1) is 30.0 Å². The molecular weight excluding hydrogens is 361 g/mol. The molecule has 1 aliphatic heterocycles. The van der Waals surface area contributed by atoms with Gasteiger partial charge < -0.3 is 16.0 Å². The highest BCUT2D eigenvalue weighted by Crippen LogP contribution is 2.38. The first-order valence-corrected chi connectivity index (χ1v) is 9.11. The van der Waals surface area contributed by atoms with E-state index in [9.17, 15) is 4.79 Å². The van der Waals surface area contributed by atoms with E-state index in [1.54, 1.807) is 24.3 Å². The number of amides is 1. The average Bonchev–Trinajstić information content (AvgIpc) is 3.39. The molecule has 0 bridgehead atoms. The molecule has 1 amide bonds. The fourth-order valence-corrected chi connectivity index (χ4v) is 3.06. The zero-order valence-electron chi connectivity index (χ0n) is 15.4. The van der Waals surface area contributed by atoms with Crippen LogP contribution in [0.15, 0.2) is 24.3 Å². The van der Waals surface area contributed by atoms with E-state index in [-0.39, 0.29) is 11.3 Å². The molecule has 2 aromatic rings. The summed E-state index contributed by atoms with van der Waals surface area (Å²) < 4.78 is 15.2. The lowest BCUT2D eigenvalue weighted by atomic mass is 10.1. The van der Waals surface area contributed by atoms with E-state index in [2.05, 4.69) is 27.5 Å². The van der Waals surface area contributed by atoms with Gasteiger partial charge in [0, 0.05) is 5.69 Å². The second-order valence-corrected chi connectivity index (χ2v) is 7.02. The summed E-state index contributed by atoms with van der Waals surface area (Å²) in [7, 11) is 0. The number of nitrogens with one attached hydrogen (secondary N) is 4. The van der Waals surface area contributed by atoms with E-state index in [1.807, 2.05) is 6.92 Å². The Morgan fingerprint density at radius 2 is 2.18 bits per heavy atom.